The third-order valence-electron chi connectivity index (χ3n) is 7.71. The molecule has 6 nitrogen and oxygen atoms in total. The maximum absolute atomic E-state index is 15.5. The molecule has 3 heterocycles. The van der Waals surface area contributed by atoms with Gasteiger partial charge >= 0.3 is 0 Å². The Morgan fingerprint density at radius 1 is 1.07 bits per heavy atom. The van der Waals surface area contributed by atoms with Gasteiger partial charge in [-0.15, -0.1) is 0 Å². The second kappa shape index (κ2) is 10.3. The van der Waals surface area contributed by atoms with E-state index in [4.69, 9.17) is 16.3 Å². The zero-order chi connectivity index (χ0) is 28.1. The summed E-state index contributed by atoms with van der Waals surface area (Å²) in [7, 11) is 0. The number of hydrogen-bond donors (Lipinski definition) is 1. The number of anilines is 1. The van der Waals surface area contributed by atoms with Crippen LogP contribution >= 0.6 is 11.6 Å². The molecule has 2 aromatic carbocycles. The van der Waals surface area contributed by atoms with E-state index in [1.54, 1.807) is 36.5 Å². The lowest BCUT2D eigenvalue weighted by molar-refractivity contribution is -0.133. The molecular formula is C31H26ClF2N3O3. The zero-order valence-electron chi connectivity index (χ0n) is 21.9. The van der Waals surface area contributed by atoms with Crippen molar-refractivity contribution in [1.29, 1.82) is 0 Å². The summed E-state index contributed by atoms with van der Waals surface area (Å²) in [6.45, 7) is 4.29. The number of aryl methyl sites for hydroxylation is 2. The van der Waals surface area contributed by atoms with Crippen LogP contribution in [0.3, 0.4) is 0 Å². The van der Waals surface area contributed by atoms with Crippen LogP contribution in [0.15, 0.2) is 65.6 Å². The molecule has 0 bridgehead atoms. The number of pyridine rings is 2. The molecule has 4 aromatic rings. The normalized spacial score (nSPS) is 18.3. The number of carbonyl (C=O) groups is 1. The highest BCUT2D eigenvalue weighted by molar-refractivity contribution is 6.31. The molecule has 40 heavy (non-hydrogen) atoms. The fraction of sp³-hybridized carbons (Fsp3) is 0.258. The van der Waals surface area contributed by atoms with Crippen molar-refractivity contribution in [3.63, 3.8) is 0 Å². The molecule has 6 rings (SSSR count). The Morgan fingerprint density at radius 3 is 2.52 bits per heavy atom. The minimum atomic E-state index is -0.614. The molecule has 204 valence electrons. The summed E-state index contributed by atoms with van der Waals surface area (Å²) in [4.78, 5) is 30.4. The highest BCUT2D eigenvalue weighted by atomic mass is 35.5. The van der Waals surface area contributed by atoms with Crippen molar-refractivity contribution < 1.29 is 18.3 Å². The van der Waals surface area contributed by atoms with Crippen LogP contribution in [-0.2, 0) is 9.53 Å². The van der Waals surface area contributed by atoms with Crippen molar-refractivity contribution in [2.75, 3.05) is 18.5 Å². The molecule has 1 amide bonds. The smallest absolute Gasteiger partial charge is 0.274 e. The third kappa shape index (κ3) is 4.71. The molecule has 0 unspecified atom stereocenters. The van der Waals surface area contributed by atoms with E-state index in [1.165, 1.54) is 22.8 Å². The van der Waals surface area contributed by atoms with Gasteiger partial charge in [0.15, 0.2) is 5.82 Å². The molecule has 0 spiro atoms. The maximum atomic E-state index is 15.5. The van der Waals surface area contributed by atoms with Crippen LogP contribution in [0.5, 0.6) is 0 Å². The van der Waals surface area contributed by atoms with Gasteiger partial charge in [0.2, 0.25) is 5.91 Å². The number of ether oxygens (including phenoxy) is 1. The van der Waals surface area contributed by atoms with E-state index in [1.807, 2.05) is 19.9 Å². The van der Waals surface area contributed by atoms with E-state index in [-0.39, 0.29) is 51.3 Å². The summed E-state index contributed by atoms with van der Waals surface area (Å²) in [5.74, 6) is -1.24. The molecule has 1 N–H and O–H groups in total. The largest absolute Gasteiger partial charge is 0.380 e. The van der Waals surface area contributed by atoms with Gasteiger partial charge < -0.3 is 10.1 Å². The van der Waals surface area contributed by atoms with Gasteiger partial charge in [0, 0.05) is 17.5 Å². The number of rotatable bonds is 6. The second-order valence-corrected chi connectivity index (χ2v) is 10.8. The van der Waals surface area contributed by atoms with Gasteiger partial charge in [-0.2, -0.15) is 0 Å². The molecule has 2 aromatic heterocycles. The van der Waals surface area contributed by atoms with Crippen molar-refractivity contribution in [2.24, 2.45) is 5.92 Å². The fourth-order valence-electron chi connectivity index (χ4n) is 5.27. The van der Waals surface area contributed by atoms with Crippen LogP contribution in [0.1, 0.15) is 40.6 Å². The molecule has 2 aliphatic rings. The number of halogens is 3. The molecule has 2 fully saturated rings. The number of amides is 1. The Morgan fingerprint density at radius 2 is 1.82 bits per heavy atom. The van der Waals surface area contributed by atoms with Crippen molar-refractivity contribution >= 4 is 23.2 Å². The quantitative estimate of drug-likeness (QED) is 0.300. The highest BCUT2D eigenvalue weighted by Gasteiger charge is 2.41. The van der Waals surface area contributed by atoms with Gasteiger partial charge in [-0.25, -0.2) is 8.78 Å². The van der Waals surface area contributed by atoms with Crippen molar-refractivity contribution in [3.8, 4) is 16.9 Å². The minimum Gasteiger partial charge on any atom is -0.380 e. The predicted octanol–water partition coefficient (Wildman–Crippen LogP) is 6.30. The Balaban J connectivity index is 1.33. The number of hydrogen-bond acceptors (Lipinski definition) is 4. The van der Waals surface area contributed by atoms with E-state index in [0.29, 0.717) is 35.9 Å². The molecule has 1 aliphatic carbocycles. The van der Waals surface area contributed by atoms with E-state index < -0.39 is 5.82 Å². The molecule has 1 saturated carbocycles. The second-order valence-electron chi connectivity index (χ2n) is 10.4. The molecule has 9 heteroatoms. The number of carbonyl (C=O) groups excluding carboxylic acids is 1. The monoisotopic (exact) mass is 561 g/mol. The summed E-state index contributed by atoms with van der Waals surface area (Å²) in [5.41, 5.74) is 3.90. The summed E-state index contributed by atoms with van der Waals surface area (Å²) in [6.07, 6.45) is 2.41. The number of aromatic nitrogens is 2. The van der Waals surface area contributed by atoms with Crippen LogP contribution in [-0.4, -0.2) is 28.7 Å². The Hall–Kier alpha value is -3.88. The average molecular weight is 562 g/mol. The van der Waals surface area contributed by atoms with Crippen LogP contribution in [0.25, 0.3) is 16.9 Å². The third-order valence-corrected chi connectivity index (χ3v) is 8.09. The first-order valence-electron chi connectivity index (χ1n) is 13.0. The molecule has 0 radical (unpaired) electrons. The lowest BCUT2D eigenvalue weighted by Crippen LogP contribution is -2.38. The maximum Gasteiger partial charge on any atom is 0.274 e. The lowest BCUT2D eigenvalue weighted by Gasteiger charge is -2.24. The standard InChI is InChI=1S/C31H26ClF2N3O3/c1-16-13-35-26(21-4-3-5-25(29(21)34)36-30(38)19-14-40-15-19)12-27(16)37-17(2)10-24(28(32)31(37)39)23-11-22(23)18-6-8-20(33)9-7-18/h3-10,12-13,19,22-23H,11,14-15H2,1-2H3,(H,36,38)/t22-,23+/m1/s1. The van der Waals surface area contributed by atoms with Crippen molar-refractivity contribution in [2.45, 2.75) is 32.1 Å². The van der Waals surface area contributed by atoms with E-state index >= 15 is 4.39 Å². The lowest BCUT2D eigenvalue weighted by atomic mass is 10.0. The first-order chi connectivity index (χ1) is 19.2. The van der Waals surface area contributed by atoms with Crippen molar-refractivity contribution in [3.05, 3.63) is 110 Å². The van der Waals surface area contributed by atoms with Gasteiger partial charge in [0.1, 0.15) is 10.8 Å². The molecule has 1 aliphatic heterocycles. The Labute approximate surface area is 234 Å². The van der Waals surface area contributed by atoms with Crippen LogP contribution in [0.2, 0.25) is 5.02 Å². The number of nitrogens with zero attached hydrogens (tertiary/aromatic N) is 2. The topological polar surface area (TPSA) is 73.2 Å². The van der Waals surface area contributed by atoms with Crippen LogP contribution < -0.4 is 10.9 Å². The SMILES string of the molecule is Cc1cnc(-c2cccc(NC(=O)C3COC3)c2F)cc1-n1c(C)cc([C@H]2C[C@@H]2c2ccc(F)cc2)c(Cl)c1=O. The van der Waals surface area contributed by atoms with Crippen LogP contribution in [0, 0.1) is 31.4 Å². The number of benzene rings is 2. The first kappa shape index (κ1) is 26.3. The van der Waals surface area contributed by atoms with Gasteiger partial charge in [-0.05, 0) is 85.2 Å². The molecular weight excluding hydrogens is 536 g/mol. The highest BCUT2D eigenvalue weighted by Crippen LogP contribution is 2.55. The summed E-state index contributed by atoms with van der Waals surface area (Å²) in [6, 6.07) is 14.7. The molecule has 2 atom stereocenters. The van der Waals surface area contributed by atoms with Gasteiger partial charge in [0.25, 0.3) is 5.56 Å². The first-order valence-corrected chi connectivity index (χ1v) is 13.4. The number of nitrogens with one attached hydrogen (secondary N) is 1. The van der Waals surface area contributed by atoms with E-state index in [9.17, 15) is 14.0 Å². The predicted molar refractivity (Wildman–Crippen MR) is 149 cm³/mol. The fourth-order valence-corrected chi connectivity index (χ4v) is 5.55. The summed E-state index contributed by atoms with van der Waals surface area (Å²) >= 11 is 6.66. The van der Waals surface area contributed by atoms with Crippen molar-refractivity contribution in [1.82, 2.24) is 9.55 Å². The van der Waals surface area contributed by atoms with Crippen LogP contribution in [0.4, 0.5) is 14.5 Å². The van der Waals surface area contributed by atoms with E-state index in [2.05, 4.69) is 10.3 Å². The Kier molecular flexibility index (Phi) is 6.76. The summed E-state index contributed by atoms with van der Waals surface area (Å²) in [5, 5.41) is 2.77. The van der Waals surface area contributed by atoms with E-state index in [0.717, 1.165) is 17.5 Å². The Bertz CT molecular complexity index is 1700. The van der Waals surface area contributed by atoms with Gasteiger partial charge in [-0.1, -0.05) is 29.8 Å². The summed E-state index contributed by atoms with van der Waals surface area (Å²) < 4.78 is 35.4. The average Bonchev–Trinajstić information content (AvgIpc) is 3.69. The molecule has 1 saturated heterocycles. The minimum absolute atomic E-state index is 0.0548. The van der Waals surface area contributed by atoms with Gasteiger partial charge in [-0.3, -0.25) is 19.1 Å². The van der Waals surface area contributed by atoms with Gasteiger partial charge in [0.05, 0.1) is 36.2 Å². The zero-order valence-corrected chi connectivity index (χ0v) is 22.6.